The summed E-state index contributed by atoms with van der Waals surface area (Å²) in [5.74, 6) is 0.571. The number of rotatable bonds is 4. The SMILES string of the molecule is CC1(C)c2ccccc2-c2ccc(N(c3ccc4c(c3)c3ccccc3n4-c3cccc4ncccc34)c3ncncn3)cc21. The molecule has 1 aliphatic carbocycles. The minimum absolute atomic E-state index is 0.128. The van der Waals surface area contributed by atoms with Gasteiger partial charge in [-0.05, 0) is 82.9 Å². The molecule has 6 nitrogen and oxygen atoms in total. The summed E-state index contributed by atoms with van der Waals surface area (Å²) in [6.45, 7) is 4.61. The zero-order valence-corrected chi connectivity index (χ0v) is 24.9. The largest absolute Gasteiger partial charge is 0.309 e. The van der Waals surface area contributed by atoms with Gasteiger partial charge in [-0.1, -0.05) is 68.4 Å². The van der Waals surface area contributed by atoms with E-state index >= 15 is 0 Å². The van der Waals surface area contributed by atoms with Crippen LogP contribution in [-0.4, -0.2) is 24.5 Å². The predicted molar refractivity (Wildman–Crippen MR) is 182 cm³/mol. The lowest BCUT2D eigenvalue weighted by molar-refractivity contribution is 0.660. The fourth-order valence-corrected chi connectivity index (χ4v) is 7.20. The number of benzene rings is 5. The van der Waals surface area contributed by atoms with E-state index in [0.717, 1.165) is 44.4 Å². The molecule has 0 spiro atoms. The Morgan fingerprint density at radius 3 is 2.22 bits per heavy atom. The average molecular weight is 581 g/mol. The summed E-state index contributed by atoms with van der Waals surface area (Å²) in [6.07, 6.45) is 4.96. The van der Waals surface area contributed by atoms with E-state index in [1.807, 2.05) is 12.3 Å². The maximum absolute atomic E-state index is 4.63. The molecular formula is C39H28N6. The Morgan fingerprint density at radius 2 is 1.31 bits per heavy atom. The number of para-hydroxylation sites is 1. The molecule has 45 heavy (non-hydrogen) atoms. The minimum atomic E-state index is -0.128. The fourth-order valence-electron chi connectivity index (χ4n) is 7.20. The lowest BCUT2D eigenvalue weighted by atomic mass is 9.82. The first kappa shape index (κ1) is 25.6. The number of pyridine rings is 1. The van der Waals surface area contributed by atoms with E-state index in [9.17, 15) is 0 Å². The number of hydrogen-bond donors (Lipinski definition) is 0. The summed E-state index contributed by atoms with van der Waals surface area (Å²) in [4.78, 5) is 20.1. The maximum Gasteiger partial charge on any atom is 0.237 e. The third-order valence-electron chi connectivity index (χ3n) is 9.28. The molecule has 9 rings (SSSR count). The minimum Gasteiger partial charge on any atom is -0.309 e. The molecular weight excluding hydrogens is 552 g/mol. The highest BCUT2D eigenvalue weighted by atomic mass is 15.3. The summed E-state index contributed by atoms with van der Waals surface area (Å²) in [6, 6.07) is 41.1. The lowest BCUT2D eigenvalue weighted by Gasteiger charge is -2.26. The van der Waals surface area contributed by atoms with Crippen LogP contribution < -0.4 is 4.90 Å². The summed E-state index contributed by atoms with van der Waals surface area (Å²) in [5.41, 5.74) is 11.4. The lowest BCUT2D eigenvalue weighted by Crippen LogP contribution is -2.17. The highest BCUT2D eigenvalue weighted by molar-refractivity contribution is 6.11. The van der Waals surface area contributed by atoms with Crippen LogP contribution in [-0.2, 0) is 5.41 Å². The number of nitrogens with zero attached hydrogens (tertiary/aromatic N) is 6. The van der Waals surface area contributed by atoms with Crippen LogP contribution in [0, 0.1) is 0 Å². The molecule has 0 N–H and O–H groups in total. The van der Waals surface area contributed by atoms with Crippen molar-refractivity contribution < 1.29 is 0 Å². The van der Waals surface area contributed by atoms with Crippen LogP contribution in [0.2, 0.25) is 0 Å². The van der Waals surface area contributed by atoms with E-state index in [1.165, 1.54) is 27.6 Å². The molecule has 0 atom stereocenters. The predicted octanol–water partition coefficient (Wildman–Crippen LogP) is 9.29. The van der Waals surface area contributed by atoms with Gasteiger partial charge in [-0.3, -0.25) is 9.88 Å². The van der Waals surface area contributed by atoms with Crippen molar-refractivity contribution in [3.63, 3.8) is 0 Å². The molecule has 0 amide bonds. The standard InChI is InChI=1S/C39H28N6/c1-39(2)32-12-5-3-9-27(32)28-18-16-26(22-33(28)39)44(38-42-23-40-24-43-38)25-17-19-37-31(21-25)29-10-4-6-14-35(29)45(37)36-15-7-13-34-30(36)11-8-20-41-34/h3-24H,1-2H3. The second-order valence-electron chi connectivity index (χ2n) is 12.1. The van der Waals surface area contributed by atoms with Gasteiger partial charge in [-0.2, -0.15) is 0 Å². The Kier molecular flexibility index (Phi) is 5.44. The molecule has 0 saturated heterocycles. The molecule has 0 bridgehead atoms. The van der Waals surface area contributed by atoms with E-state index in [0.29, 0.717) is 5.95 Å². The summed E-state index contributed by atoms with van der Waals surface area (Å²) < 4.78 is 2.35. The van der Waals surface area contributed by atoms with Gasteiger partial charge in [0.1, 0.15) is 12.7 Å². The maximum atomic E-state index is 4.63. The Morgan fingerprint density at radius 1 is 0.578 bits per heavy atom. The second-order valence-corrected chi connectivity index (χ2v) is 12.1. The molecule has 6 heteroatoms. The first-order valence-electron chi connectivity index (χ1n) is 15.1. The zero-order valence-electron chi connectivity index (χ0n) is 24.9. The Bertz CT molecular complexity index is 2420. The molecule has 0 aliphatic heterocycles. The zero-order chi connectivity index (χ0) is 30.1. The topological polar surface area (TPSA) is 59.7 Å². The molecule has 0 unspecified atom stereocenters. The first-order valence-corrected chi connectivity index (χ1v) is 15.1. The van der Waals surface area contributed by atoms with Crippen molar-refractivity contribution in [2.45, 2.75) is 19.3 Å². The van der Waals surface area contributed by atoms with Crippen molar-refractivity contribution in [1.29, 1.82) is 0 Å². The Labute approximate surface area is 260 Å². The van der Waals surface area contributed by atoms with Gasteiger partial charge in [0.15, 0.2) is 0 Å². The average Bonchev–Trinajstić information content (AvgIpc) is 3.53. The molecule has 0 saturated carbocycles. The second kappa shape index (κ2) is 9.56. The van der Waals surface area contributed by atoms with E-state index < -0.39 is 0 Å². The van der Waals surface area contributed by atoms with E-state index in [2.05, 4.69) is 152 Å². The molecule has 8 aromatic rings. The number of fused-ring (bicyclic) bond motifs is 7. The Balaban J connectivity index is 1.27. The van der Waals surface area contributed by atoms with Crippen LogP contribution in [0.3, 0.4) is 0 Å². The van der Waals surface area contributed by atoms with Crippen molar-refractivity contribution in [3.05, 3.63) is 145 Å². The third kappa shape index (κ3) is 3.75. The van der Waals surface area contributed by atoms with Crippen LogP contribution >= 0.6 is 0 Å². The van der Waals surface area contributed by atoms with Gasteiger partial charge in [-0.25, -0.2) is 15.0 Å². The van der Waals surface area contributed by atoms with Gasteiger partial charge < -0.3 is 4.57 Å². The molecule has 3 heterocycles. The van der Waals surface area contributed by atoms with Crippen molar-refractivity contribution in [2.75, 3.05) is 4.90 Å². The van der Waals surface area contributed by atoms with Crippen molar-refractivity contribution >= 4 is 50.0 Å². The summed E-state index contributed by atoms with van der Waals surface area (Å²) >= 11 is 0. The number of hydrogen-bond acceptors (Lipinski definition) is 5. The number of aromatic nitrogens is 5. The highest BCUT2D eigenvalue weighted by Crippen LogP contribution is 2.50. The van der Waals surface area contributed by atoms with Crippen molar-refractivity contribution in [2.24, 2.45) is 0 Å². The van der Waals surface area contributed by atoms with Crippen molar-refractivity contribution in [1.82, 2.24) is 24.5 Å². The molecule has 1 aliphatic rings. The van der Waals surface area contributed by atoms with Crippen LogP contribution in [0.1, 0.15) is 25.0 Å². The van der Waals surface area contributed by atoms with E-state index in [4.69, 9.17) is 0 Å². The Hall–Kier alpha value is -5.88. The van der Waals surface area contributed by atoms with Gasteiger partial charge in [-0.15, -0.1) is 0 Å². The molecule has 3 aromatic heterocycles. The molecule has 0 radical (unpaired) electrons. The van der Waals surface area contributed by atoms with Gasteiger partial charge in [0.2, 0.25) is 5.95 Å². The smallest absolute Gasteiger partial charge is 0.237 e. The summed E-state index contributed by atoms with van der Waals surface area (Å²) in [7, 11) is 0. The first-order chi connectivity index (χ1) is 22.1. The van der Waals surface area contributed by atoms with Crippen molar-refractivity contribution in [3.8, 4) is 16.8 Å². The van der Waals surface area contributed by atoms with Crippen LogP contribution in [0.15, 0.2) is 134 Å². The van der Waals surface area contributed by atoms with Gasteiger partial charge in [0.05, 0.1) is 22.2 Å². The van der Waals surface area contributed by atoms with Gasteiger partial charge in [0.25, 0.3) is 0 Å². The van der Waals surface area contributed by atoms with E-state index in [1.54, 1.807) is 12.7 Å². The summed E-state index contributed by atoms with van der Waals surface area (Å²) in [5, 5.41) is 3.44. The third-order valence-corrected chi connectivity index (χ3v) is 9.28. The normalized spacial score (nSPS) is 13.3. The molecule has 5 aromatic carbocycles. The number of anilines is 3. The molecule has 214 valence electrons. The highest BCUT2D eigenvalue weighted by Gasteiger charge is 2.36. The van der Waals surface area contributed by atoms with Gasteiger partial charge in [0, 0.05) is 39.1 Å². The van der Waals surface area contributed by atoms with Crippen LogP contribution in [0.5, 0.6) is 0 Å². The van der Waals surface area contributed by atoms with Crippen LogP contribution in [0.4, 0.5) is 17.3 Å². The molecule has 0 fully saturated rings. The van der Waals surface area contributed by atoms with Crippen LogP contribution in [0.25, 0.3) is 49.5 Å². The monoisotopic (exact) mass is 580 g/mol. The fraction of sp³-hybridized carbons (Fsp3) is 0.0769. The van der Waals surface area contributed by atoms with E-state index in [-0.39, 0.29) is 5.41 Å². The van der Waals surface area contributed by atoms with Gasteiger partial charge >= 0.3 is 0 Å². The quantitative estimate of drug-likeness (QED) is 0.208.